The fourth-order valence-electron chi connectivity index (χ4n) is 1.51. The van der Waals surface area contributed by atoms with Gasteiger partial charge in [0.1, 0.15) is 6.61 Å². The second-order valence-electron chi connectivity index (χ2n) is 4.62. The molecule has 0 atom stereocenters. The highest BCUT2D eigenvalue weighted by molar-refractivity contribution is 5.69. The van der Waals surface area contributed by atoms with Crippen molar-refractivity contribution in [2.45, 2.75) is 26.7 Å². The molecule has 0 heterocycles. The van der Waals surface area contributed by atoms with E-state index in [2.05, 4.69) is 0 Å². The van der Waals surface area contributed by atoms with Crippen molar-refractivity contribution in [2.24, 2.45) is 0 Å². The van der Waals surface area contributed by atoms with E-state index in [0.717, 1.165) is 6.42 Å². The van der Waals surface area contributed by atoms with Crippen molar-refractivity contribution in [3.63, 3.8) is 0 Å². The van der Waals surface area contributed by atoms with Crippen LogP contribution >= 0.6 is 0 Å². The minimum absolute atomic E-state index is 0.175. The monoisotopic (exact) mass is 336 g/mol. The van der Waals surface area contributed by atoms with Gasteiger partial charge >= 0.3 is 5.97 Å². The number of esters is 1. The zero-order chi connectivity index (χ0) is 17.0. The first-order valence-electron chi connectivity index (χ1n) is 8.35. The molecule has 0 aliphatic rings. The van der Waals surface area contributed by atoms with Gasteiger partial charge in [-0.1, -0.05) is 6.92 Å². The number of rotatable bonds is 18. The molecule has 0 aliphatic heterocycles. The normalized spacial score (nSPS) is 10.9. The van der Waals surface area contributed by atoms with E-state index in [1.165, 1.54) is 0 Å². The quantitative estimate of drug-likeness (QED) is 0.277. The molecule has 7 nitrogen and oxygen atoms in total. The molecule has 0 fully saturated rings. The SMILES string of the molecule is CCCC(=O)OCCOCCOCCOCCOCCOCC. The maximum absolute atomic E-state index is 11.1. The Hall–Kier alpha value is -0.730. The van der Waals surface area contributed by atoms with Crippen molar-refractivity contribution in [3.8, 4) is 0 Å². The van der Waals surface area contributed by atoms with Gasteiger partial charge in [0.05, 0.1) is 59.5 Å². The average molecular weight is 336 g/mol. The van der Waals surface area contributed by atoms with Crippen LogP contribution in [0.3, 0.4) is 0 Å². The van der Waals surface area contributed by atoms with E-state index in [4.69, 9.17) is 28.4 Å². The molecule has 0 radical (unpaired) electrons. The summed E-state index contributed by atoms with van der Waals surface area (Å²) >= 11 is 0. The lowest BCUT2D eigenvalue weighted by molar-refractivity contribution is -0.145. The molecule has 0 rings (SSSR count). The van der Waals surface area contributed by atoms with Gasteiger partial charge < -0.3 is 28.4 Å². The van der Waals surface area contributed by atoms with Crippen LogP contribution in [0.25, 0.3) is 0 Å². The molecule has 0 saturated heterocycles. The van der Waals surface area contributed by atoms with Crippen LogP contribution in [-0.4, -0.2) is 78.6 Å². The zero-order valence-corrected chi connectivity index (χ0v) is 14.6. The molecule has 0 aromatic heterocycles. The van der Waals surface area contributed by atoms with Gasteiger partial charge in [0.15, 0.2) is 0 Å². The van der Waals surface area contributed by atoms with Crippen molar-refractivity contribution >= 4 is 5.97 Å². The Bertz CT molecular complexity index is 249. The first-order chi connectivity index (χ1) is 11.3. The van der Waals surface area contributed by atoms with Gasteiger partial charge in [-0.3, -0.25) is 4.79 Å². The third-order valence-corrected chi connectivity index (χ3v) is 2.64. The number of ether oxygens (including phenoxy) is 6. The number of carbonyl (C=O) groups excluding carboxylic acids is 1. The largest absolute Gasteiger partial charge is 0.463 e. The molecule has 0 amide bonds. The predicted molar refractivity (Wildman–Crippen MR) is 85.6 cm³/mol. The highest BCUT2D eigenvalue weighted by Crippen LogP contribution is 1.91. The Morgan fingerprint density at radius 1 is 0.609 bits per heavy atom. The van der Waals surface area contributed by atoms with Crippen LogP contribution in [0.5, 0.6) is 0 Å². The summed E-state index contributed by atoms with van der Waals surface area (Å²) in [5.74, 6) is -0.175. The van der Waals surface area contributed by atoms with Gasteiger partial charge in [-0.25, -0.2) is 0 Å². The maximum atomic E-state index is 11.1. The molecule has 0 aromatic carbocycles. The van der Waals surface area contributed by atoms with Crippen LogP contribution < -0.4 is 0 Å². The Kier molecular flexibility index (Phi) is 18.7. The van der Waals surface area contributed by atoms with E-state index in [1.807, 2.05) is 13.8 Å². The number of hydrogen-bond acceptors (Lipinski definition) is 7. The minimum Gasteiger partial charge on any atom is -0.463 e. The van der Waals surface area contributed by atoms with E-state index in [0.29, 0.717) is 79.1 Å². The first-order valence-corrected chi connectivity index (χ1v) is 8.35. The van der Waals surface area contributed by atoms with E-state index >= 15 is 0 Å². The molecule has 0 aromatic rings. The first kappa shape index (κ1) is 22.3. The fourth-order valence-corrected chi connectivity index (χ4v) is 1.51. The van der Waals surface area contributed by atoms with E-state index < -0.39 is 0 Å². The fraction of sp³-hybridized carbons (Fsp3) is 0.938. The van der Waals surface area contributed by atoms with Crippen molar-refractivity contribution in [2.75, 3.05) is 72.7 Å². The van der Waals surface area contributed by atoms with E-state index in [1.54, 1.807) is 0 Å². The summed E-state index contributed by atoms with van der Waals surface area (Å²) in [6.45, 7) is 9.66. The molecule has 0 unspecified atom stereocenters. The van der Waals surface area contributed by atoms with Crippen LogP contribution in [0.4, 0.5) is 0 Å². The second kappa shape index (κ2) is 19.3. The topological polar surface area (TPSA) is 72.5 Å². The third kappa shape index (κ3) is 19.2. The van der Waals surface area contributed by atoms with Gasteiger partial charge in [-0.15, -0.1) is 0 Å². The highest BCUT2D eigenvalue weighted by atomic mass is 16.6. The summed E-state index contributed by atoms with van der Waals surface area (Å²) in [5.41, 5.74) is 0. The molecule has 0 aliphatic carbocycles. The van der Waals surface area contributed by atoms with Crippen molar-refractivity contribution in [1.29, 1.82) is 0 Å². The summed E-state index contributed by atoms with van der Waals surface area (Å²) in [6.07, 6.45) is 1.26. The zero-order valence-electron chi connectivity index (χ0n) is 14.6. The van der Waals surface area contributed by atoms with Crippen molar-refractivity contribution in [1.82, 2.24) is 0 Å². The molecule has 138 valence electrons. The average Bonchev–Trinajstić information content (AvgIpc) is 2.54. The van der Waals surface area contributed by atoms with Gasteiger partial charge in [0.25, 0.3) is 0 Å². The molecule has 23 heavy (non-hydrogen) atoms. The Balaban J connectivity index is 3.01. The molecule has 0 spiro atoms. The van der Waals surface area contributed by atoms with Crippen LogP contribution in [-0.2, 0) is 33.2 Å². The standard InChI is InChI=1S/C16H32O7/c1-3-5-16(17)23-15-14-22-13-12-21-11-10-20-9-8-19-7-6-18-4-2/h3-15H2,1-2H3. The lowest BCUT2D eigenvalue weighted by atomic mass is 10.3. The summed E-state index contributed by atoms with van der Waals surface area (Å²) in [5, 5.41) is 0. The van der Waals surface area contributed by atoms with Crippen molar-refractivity contribution in [3.05, 3.63) is 0 Å². The molecule has 7 heteroatoms. The van der Waals surface area contributed by atoms with Gasteiger partial charge in [-0.2, -0.15) is 0 Å². The van der Waals surface area contributed by atoms with Crippen LogP contribution in [0, 0.1) is 0 Å². The lowest BCUT2D eigenvalue weighted by Crippen LogP contribution is -2.14. The van der Waals surface area contributed by atoms with Crippen LogP contribution in [0.15, 0.2) is 0 Å². The summed E-state index contributed by atoms with van der Waals surface area (Å²) in [6, 6.07) is 0. The van der Waals surface area contributed by atoms with Crippen LogP contribution in [0.2, 0.25) is 0 Å². The Morgan fingerprint density at radius 2 is 1.00 bits per heavy atom. The molecular weight excluding hydrogens is 304 g/mol. The summed E-state index contributed by atoms with van der Waals surface area (Å²) < 4.78 is 31.4. The minimum atomic E-state index is -0.175. The smallest absolute Gasteiger partial charge is 0.305 e. The molecular formula is C16H32O7. The Morgan fingerprint density at radius 3 is 1.39 bits per heavy atom. The van der Waals surface area contributed by atoms with Crippen LogP contribution in [0.1, 0.15) is 26.7 Å². The highest BCUT2D eigenvalue weighted by Gasteiger charge is 1.99. The van der Waals surface area contributed by atoms with Gasteiger partial charge in [-0.05, 0) is 13.3 Å². The predicted octanol–water partition coefficient (Wildman–Crippen LogP) is 1.43. The lowest BCUT2D eigenvalue weighted by Gasteiger charge is -2.08. The van der Waals surface area contributed by atoms with E-state index in [9.17, 15) is 4.79 Å². The van der Waals surface area contributed by atoms with Gasteiger partial charge in [0, 0.05) is 13.0 Å². The van der Waals surface area contributed by atoms with Gasteiger partial charge in [0.2, 0.25) is 0 Å². The summed E-state index contributed by atoms with van der Waals surface area (Å²) in [4.78, 5) is 11.1. The molecule has 0 saturated carbocycles. The molecule has 0 N–H and O–H groups in total. The molecule has 0 bridgehead atoms. The number of hydrogen-bond donors (Lipinski definition) is 0. The maximum Gasteiger partial charge on any atom is 0.305 e. The third-order valence-electron chi connectivity index (χ3n) is 2.64. The Labute approximate surface area is 139 Å². The van der Waals surface area contributed by atoms with E-state index in [-0.39, 0.29) is 5.97 Å². The number of carbonyl (C=O) groups is 1. The second-order valence-corrected chi connectivity index (χ2v) is 4.62. The van der Waals surface area contributed by atoms with Crippen molar-refractivity contribution < 1.29 is 33.2 Å². The summed E-state index contributed by atoms with van der Waals surface area (Å²) in [7, 11) is 0.